The largest absolute Gasteiger partial charge is 0.381 e. The van der Waals surface area contributed by atoms with Crippen molar-refractivity contribution in [2.75, 3.05) is 5.32 Å². The Morgan fingerprint density at radius 1 is 0.889 bits per heavy atom. The molecule has 94 valence electrons. The molecule has 2 aromatic rings. The Bertz CT molecular complexity index is 513. The van der Waals surface area contributed by atoms with E-state index in [1.165, 1.54) is 16.7 Å². The quantitative estimate of drug-likeness (QED) is 0.760. The third-order valence-corrected chi connectivity index (χ3v) is 4.63. The van der Waals surface area contributed by atoms with Gasteiger partial charge in [-0.15, -0.1) is 0 Å². The number of aryl methyl sites for hydroxylation is 2. The van der Waals surface area contributed by atoms with Gasteiger partial charge in [0.1, 0.15) is 0 Å². The highest BCUT2D eigenvalue weighted by Gasteiger charge is 1.99. The van der Waals surface area contributed by atoms with E-state index in [-0.39, 0.29) is 0 Å². The summed E-state index contributed by atoms with van der Waals surface area (Å²) < 4.78 is 2.30. The van der Waals surface area contributed by atoms with Crippen LogP contribution in [0.3, 0.4) is 0 Å². The fourth-order valence-corrected chi connectivity index (χ4v) is 2.35. The molecule has 1 nitrogen and oxygen atoms in total. The van der Waals surface area contributed by atoms with E-state index >= 15 is 0 Å². The van der Waals surface area contributed by atoms with Gasteiger partial charge in [-0.25, -0.2) is 0 Å². The van der Waals surface area contributed by atoms with Crippen LogP contribution in [0.2, 0.25) is 0 Å². The fraction of sp³-hybridized carbons (Fsp3) is 0.200. The molecule has 0 heterocycles. The first-order valence-electron chi connectivity index (χ1n) is 5.81. The van der Waals surface area contributed by atoms with Gasteiger partial charge >= 0.3 is 0 Å². The van der Waals surface area contributed by atoms with Crippen molar-refractivity contribution in [3.05, 3.63) is 62.0 Å². The Balaban J connectivity index is 2.06. The second-order valence-corrected chi connectivity index (χ2v) is 6.11. The summed E-state index contributed by atoms with van der Waals surface area (Å²) in [7, 11) is 0. The van der Waals surface area contributed by atoms with Crippen molar-refractivity contribution in [1.29, 1.82) is 0 Å². The molecule has 1 N–H and O–H groups in total. The molecular formula is C15H15Br2N. The van der Waals surface area contributed by atoms with Gasteiger partial charge in [0.2, 0.25) is 0 Å². The lowest BCUT2D eigenvalue weighted by Crippen LogP contribution is -1.99. The van der Waals surface area contributed by atoms with Gasteiger partial charge < -0.3 is 5.32 Å². The highest BCUT2D eigenvalue weighted by molar-refractivity contribution is 9.10. The van der Waals surface area contributed by atoms with Gasteiger partial charge in [-0.3, -0.25) is 0 Å². The van der Waals surface area contributed by atoms with Crippen molar-refractivity contribution < 1.29 is 0 Å². The zero-order valence-electron chi connectivity index (χ0n) is 10.4. The molecule has 0 aliphatic carbocycles. The summed E-state index contributed by atoms with van der Waals surface area (Å²) in [5.74, 6) is 0. The van der Waals surface area contributed by atoms with Crippen LogP contribution in [-0.4, -0.2) is 0 Å². The van der Waals surface area contributed by atoms with E-state index in [0.29, 0.717) is 0 Å². The number of rotatable bonds is 3. The molecule has 0 saturated carbocycles. The van der Waals surface area contributed by atoms with Gasteiger partial charge in [0.15, 0.2) is 0 Å². The van der Waals surface area contributed by atoms with E-state index in [0.717, 1.165) is 21.2 Å². The number of anilines is 1. The van der Waals surface area contributed by atoms with E-state index in [1.54, 1.807) is 0 Å². The van der Waals surface area contributed by atoms with Gasteiger partial charge in [0, 0.05) is 21.2 Å². The SMILES string of the molecule is Cc1cc(CNc2ccc(C)c(Br)c2)ccc1Br. The lowest BCUT2D eigenvalue weighted by atomic mass is 10.1. The summed E-state index contributed by atoms with van der Waals surface area (Å²) in [5.41, 5.74) is 4.93. The summed E-state index contributed by atoms with van der Waals surface area (Å²) in [6.45, 7) is 5.03. The Morgan fingerprint density at radius 2 is 1.67 bits per heavy atom. The first-order valence-corrected chi connectivity index (χ1v) is 7.40. The maximum absolute atomic E-state index is 3.55. The second-order valence-electron chi connectivity index (χ2n) is 4.40. The molecule has 3 heteroatoms. The predicted octanol–water partition coefficient (Wildman–Crippen LogP) is 5.44. The molecule has 0 unspecified atom stereocenters. The van der Waals surface area contributed by atoms with Crippen LogP contribution in [0.5, 0.6) is 0 Å². The van der Waals surface area contributed by atoms with Crippen molar-refractivity contribution in [3.63, 3.8) is 0 Å². The third kappa shape index (κ3) is 3.36. The Morgan fingerprint density at radius 3 is 2.33 bits per heavy atom. The summed E-state index contributed by atoms with van der Waals surface area (Å²) in [6.07, 6.45) is 0. The van der Waals surface area contributed by atoms with Gasteiger partial charge in [0.25, 0.3) is 0 Å². The lowest BCUT2D eigenvalue weighted by molar-refractivity contribution is 1.13. The summed E-state index contributed by atoms with van der Waals surface area (Å²) in [6, 6.07) is 12.7. The zero-order valence-corrected chi connectivity index (χ0v) is 13.6. The molecule has 0 fully saturated rings. The van der Waals surface area contributed by atoms with Crippen molar-refractivity contribution in [3.8, 4) is 0 Å². The lowest BCUT2D eigenvalue weighted by Gasteiger charge is -2.09. The Labute approximate surface area is 125 Å². The van der Waals surface area contributed by atoms with E-state index in [4.69, 9.17) is 0 Å². The van der Waals surface area contributed by atoms with Crippen LogP contribution >= 0.6 is 31.9 Å². The fourth-order valence-electron chi connectivity index (χ4n) is 1.72. The van der Waals surface area contributed by atoms with Crippen molar-refractivity contribution in [2.45, 2.75) is 20.4 Å². The highest BCUT2D eigenvalue weighted by Crippen LogP contribution is 2.22. The molecule has 0 aliphatic rings. The average Bonchev–Trinajstić information content (AvgIpc) is 2.35. The Hall–Kier alpha value is -0.800. The summed E-state index contributed by atoms with van der Waals surface area (Å²) in [4.78, 5) is 0. The van der Waals surface area contributed by atoms with Gasteiger partial charge in [0.05, 0.1) is 0 Å². The number of hydrogen-bond donors (Lipinski definition) is 1. The van der Waals surface area contributed by atoms with Gasteiger partial charge in [-0.2, -0.15) is 0 Å². The maximum atomic E-state index is 3.55. The molecule has 0 radical (unpaired) electrons. The molecule has 0 spiro atoms. The normalized spacial score (nSPS) is 10.4. The van der Waals surface area contributed by atoms with Crippen molar-refractivity contribution in [2.24, 2.45) is 0 Å². The molecule has 0 aromatic heterocycles. The molecule has 18 heavy (non-hydrogen) atoms. The maximum Gasteiger partial charge on any atom is 0.0400 e. The minimum Gasteiger partial charge on any atom is -0.381 e. The van der Waals surface area contributed by atoms with E-state index in [9.17, 15) is 0 Å². The number of halogens is 2. The average molecular weight is 369 g/mol. The molecule has 0 atom stereocenters. The van der Waals surface area contributed by atoms with Gasteiger partial charge in [-0.1, -0.05) is 50.1 Å². The standard InChI is InChI=1S/C15H15Br2N/c1-10-3-5-13(8-15(10)17)18-9-12-4-6-14(16)11(2)7-12/h3-8,18H,9H2,1-2H3. The molecule has 0 amide bonds. The zero-order chi connectivity index (χ0) is 13.1. The first kappa shape index (κ1) is 13.6. The van der Waals surface area contributed by atoms with Gasteiger partial charge in [-0.05, 0) is 48.7 Å². The van der Waals surface area contributed by atoms with Crippen molar-refractivity contribution >= 4 is 37.5 Å². The second kappa shape index (κ2) is 5.89. The van der Waals surface area contributed by atoms with Crippen LogP contribution < -0.4 is 5.32 Å². The third-order valence-electron chi connectivity index (χ3n) is 2.89. The topological polar surface area (TPSA) is 12.0 Å². The Kier molecular flexibility index (Phi) is 4.46. The molecule has 0 aliphatic heterocycles. The summed E-state index contributed by atoms with van der Waals surface area (Å²) >= 11 is 7.06. The predicted molar refractivity (Wildman–Crippen MR) is 85.1 cm³/mol. The van der Waals surface area contributed by atoms with Crippen LogP contribution in [0.25, 0.3) is 0 Å². The molecule has 2 rings (SSSR count). The minimum atomic E-state index is 0.837. The van der Waals surface area contributed by atoms with E-state index in [2.05, 4.69) is 87.4 Å². The van der Waals surface area contributed by atoms with E-state index in [1.807, 2.05) is 0 Å². The molecular weight excluding hydrogens is 354 g/mol. The monoisotopic (exact) mass is 367 g/mol. The van der Waals surface area contributed by atoms with Crippen LogP contribution in [0.1, 0.15) is 16.7 Å². The number of nitrogens with one attached hydrogen (secondary N) is 1. The van der Waals surface area contributed by atoms with Crippen LogP contribution in [0.4, 0.5) is 5.69 Å². The number of benzene rings is 2. The summed E-state index contributed by atoms with van der Waals surface area (Å²) in [5, 5.41) is 3.43. The van der Waals surface area contributed by atoms with Crippen molar-refractivity contribution in [1.82, 2.24) is 0 Å². The smallest absolute Gasteiger partial charge is 0.0400 e. The number of hydrogen-bond acceptors (Lipinski definition) is 1. The first-order chi connectivity index (χ1) is 8.56. The minimum absolute atomic E-state index is 0.837. The highest BCUT2D eigenvalue weighted by atomic mass is 79.9. The molecule has 0 bridgehead atoms. The molecule has 2 aromatic carbocycles. The van der Waals surface area contributed by atoms with Crippen LogP contribution in [0, 0.1) is 13.8 Å². The van der Waals surface area contributed by atoms with Crippen LogP contribution in [0.15, 0.2) is 45.3 Å². The molecule has 0 saturated heterocycles. The van der Waals surface area contributed by atoms with Crippen LogP contribution in [-0.2, 0) is 6.54 Å². The van der Waals surface area contributed by atoms with E-state index < -0.39 is 0 Å².